The highest BCUT2D eigenvalue weighted by molar-refractivity contribution is 6.05. The van der Waals surface area contributed by atoms with Gasteiger partial charge in [-0.05, 0) is 30.8 Å². The van der Waals surface area contributed by atoms with E-state index < -0.39 is 5.91 Å². The van der Waals surface area contributed by atoms with Crippen LogP contribution >= 0.6 is 0 Å². The first-order chi connectivity index (χ1) is 14.0. The lowest BCUT2D eigenvalue weighted by atomic mass is 10.1. The van der Waals surface area contributed by atoms with E-state index >= 15 is 0 Å². The Morgan fingerprint density at radius 2 is 1.83 bits per heavy atom. The Balaban J connectivity index is 1.72. The van der Waals surface area contributed by atoms with Gasteiger partial charge in [-0.1, -0.05) is 6.92 Å². The monoisotopic (exact) mass is 398 g/mol. The van der Waals surface area contributed by atoms with Crippen LogP contribution in [0.5, 0.6) is 11.5 Å². The molecule has 154 valence electrons. The van der Waals surface area contributed by atoms with Gasteiger partial charge in [0.25, 0.3) is 11.8 Å². The zero-order chi connectivity index (χ0) is 20.8. The molecule has 1 aliphatic rings. The topological polar surface area (TPSA) is 84.0 Å². The number of carbonyl (C=O) groups is 2. The minimum Gasteiger partial charge on any atom is -0.497 e. The molecule has 8 nitrogen and oxygen atoms in total. The average molecular weight is 398 g/mol. The number of pyridine rings is 1. The standard InChI is InChI=1S/C21H26N4O4/c1-4-24-9-11-25(12-10-24)21(27)15-7-8-22-18(13-15)20(26)23-17-6-5-16(28-2)14-19(17)29-3/h5-8,13-14H,4,9-12H2,1-3H3,(H,23,26). The van der Waals surface area contributed by atoms with Gasteiger partial charge in [0.15, 0.2) is 0 Å². The van der Waals surface area contributed by atoms with E-state index in [9.17, 15) is 9.59 Å². The Bertz CT molecular complexity index is 879. The molecule has 0 aliphatic carbocycles. The van der Waals surface area contributed by atoms with Gasteiger partial charge in [-0.2, -0.15) is 0 Å². The Morgan fingerprint density at radius 3 is 2.48 bits per heavy atom. The number of hydrogen-bond donors (Lipinski definition) is 1. The normalized spacial score (nSPS) is 14.4. The number of amides is 2. The van der Waals surface area contributed by atoms with Gasteiger partial charge in [0.2, 0.25) is 0 Å². The fraction of sp³-hybridized carbons (Fsp3) is 0.381. The minimum absolute atomic E-state index is 0.0840. The first kappa shape index (κ1) is 20.6. The summed E-state index contributed by atoms with van der Waals surface area (Å²) in [5.41, 5.74) is 1.12. The van der Waals surface area contributed by atoms with Crippen LogP contribution in [0.3, 0.4) is 0 Å². The molecule has 1 aromatic heterocycles. The van der Waals surface area contributed by atoms with Crippen LogP contribution in [0.1, 0.15) is 27.8 Å². The van der Waals surface area contributed by atoms with Crippen LogP contribution in [0.25, 0.3) is 0 Å². The van der Waals surface area contributed by atoms with Crippen LogP contribution in [0, 0.1) is 0 Å². The molecule has 1 fully saturated rings. The zero-order valence-electron chi connectivity index (χ0n) is 17.0. The van der Waals surface area contributed by atoms with E-state index in [1.165, 1.54) is 19.4 Å². The van der Waals surface area contributed by atoms with Gasteiger partial charge < -0.3 is 24.6 Å². The number of aromatic nitrogens is 1. The molecule has 2 heterocycles. The summed E-state index contributed by atoms with van der Waals surface area (Å²) in [5.74, 6) is 0.589. The smallest absolute Gasteiger partial charge is 0.274 e. The molecule has 1 saturated heterocycles. The molecule has 0 spiro atoms. The molecule has 8 heteroatoms. The number of nitrogens with zero attached hydrogens (tertiary/aromatic N) is 3. The Morgan fingerprint density at radius 1 is 1.07 bits per heavy atom. The second-order valence-electron chi connectivity index (χ2n) is 6.68. The summed E-state index contributed by atoms with van der Waals surface area (Å²) < 4.78 is 10.5. The highest BCUT2D eigenvalue weighted by Gasteiger charge is 2.22. The number of hydrogen-bond acceptors (Lipinski definition) is 6. The first-order valence-corrected chi connectivity index (χ1v) is 9.56. The van der Waals surface area contributed by atoms with Crippen LogP contribution in [0.15, 0.2) is 36.5 Å². The van der Waals surface area contributed by atoms with Gasteiger partial charge in [-0.25, -0.2) is 0 Å². The van der Waals surface area contributed by atoms with Crippen molar-refractivity contribution in [3.63, 3.8) is 0 Å². The van der Waals surface area contributed by atoms with Crippen molar-refractivity contribution in [3.05, 3.63) is 47.8 Å². The molecule has 1 N–H and O–H groups in total. The van der Waals surface area contributed by atoms with Gasteiger partial charge >= 0.3 is 0 Å². The summed E-state index contributed by atoms with van der Waals surface area (Å²) in [7, 11) is 3.07. The van der Waals surface area contributed by atoms with E-state index in [1.54, 1.807) is 31.4 Å². The molecule has 1 aromatic carbocycles. The van der Waals surface area contributed by atoms with Gasteiger partial charge in [-0.3, -0.25) is 14.6 Å². The number of anilines is 1. The number of piperazine rings is 1. The lowest BCUT2D eigenvalue weighted by Gasteiger charge is -2.34. The van der Waals surface area contributed by atoms with Crippen LogP contribution in [-0.2, 0) is 0 Å². The van der Waals surface area contributed by atoms with Crippen molar-refractivity contribution in [3.8, 4) is 11.5 Å². The lowest BCUT2D eigenvalue weighted by molar-refractivity contribution is 0.0643. The van der Waals surface area contributed by atoms with Gasteiger partial charge in [-0.15, -0.1) is 0 Å². The maximum absolute atomic E-state index is 12.8. The Labute approximate surface area is 170 Å². The maximum atomic E-state index is 12.8. The summed E-state index contributed by atoms with van der Waals surface area (Å²) in [6.45, 7) is 6.18. The number of nitrogens with one attached hydrogen (secondary N) is 1. The minimum atomic E-state index is -0.418. The van der Waals surface area contributed by atoms with Crippen molar-refractivity contribution in [1.29, 1.82) is 0 Å². The molecule has 0 atom stereocenters. The molecule has 0 saturated carbocycles. The second kappa shape index (κ2) is 9.38. The number of rotatable bonds is 6. The second-order valence-corrected chi connectivity index (χ2v) is 6.68. The van der Waals surface area contributed by atoms with E-state index in [2.05, 4.69) is 22.1 Å². The predicted molar refractivity (Wildman–Crippen MR) is 110 cm³/mol. The SMILES string of the molecule is CCN1CCN(C(=O)c2ccnc(C(=O)Nc3ccc(OC)cc3OC)c2)CC1. The highest BCUT2D eigenvalue weighted by atomic mass is 16.5. The van der Waals surface area contributed by atoms with Crippen molar-refractivity contribution in [2.24, 2.45) is 0 Å². The first-order valence-electron chi connectivity index (χ1n) is 9.56. The Kier molecular flexibility index (Phi) is 6.66. The molecule has 0 bridgehead atoms. The van der Waals surface area contributed by atoms with Gasteiger partial charge in [0, 0.05) is 44.0 Å². The number of benzene rings is 1. The summed E-state index contributed by atoms with van der Waals surface area (Å²) in [6.07, 6.45) is 1.48. The highest BCUT2D eigenvalue weighted by Crippen LogP contribution is 2.29. The molecule has 0 radical (unpaired) electrons. The summed E-state index contributed by atoms with van der Waals surface area (Å²) in [6, 6.07) is 8.26. The van der Waals surface area contributed by atoms with Crippen molar-refractivity contribution < 1.29 is 19.1 Å². The predicted octanol–water partition coefficient (Wildman–Crippen LogP) is 2.13. The van der Waals surface area contributed by atoms with Crippen LogP contribution < -0.4 is 14.8 Å². The lowest BCUT2D eigenvalue weighted by Crippen LogP contribution is -2.48. The fourth-order valence-corrected chi connectivity index (χ4v) is 3.23. The quantitative estimate of drug-likeness (QED) is 0.803. The van der Waals surface area contributed by atoms with Crippen LogP contribution in [0.4, 0.5) is 5.69 Å². The van der Waals surface area contributed by atoms with E-state index in [0.717, 1.165) is 19.6 Å². The number of methoxy groups -OCH3 is 2. The third-order valence-electron chi connectivity index (χ3n) is 5.00. The number of likely N-dealkylation sites (N-methyl/N-ethyl adjacent to an activating group) is 1. The molecule has 2 aromatic rings. The maximum Gasteiger partial charge on any atom is 0.274 e. The summed E-state index contributed by atoms with van der Waals surface area (Å²) in [4.78, 5) is 33.7. The molecular formula is C21H26N4O4. The summed E-state index contributed by atoms with van der Waals surface area (Å²) >= 11 is 0. The van der Waals surface area contributed by atoms with E-state index in [4.69, 9.17) is 9.47 Å². The van der Waals surface area contributed by atoms with E-state index in [0.29, 0.717) is 35.8 Å². The number of ether oxygens (including phenoxy) is 2. The van der Waals surface area contributed by atoms with Crippen molar-refractivity contribution in [1.82, 2.24) is 14.8 Å². The molecule has 2 amide bonds. The Hall–Kier alpha value is -3.13. The molecule has 0 unspecified atom stereocenters. The van der Waals surface area contributed by atoms with Gasteiger partial charge in [0.05, 0.1) is 19.9 Å². The third kappa shape index (κ3) is 4.83. The van der Waals surface area contributed by atoms with Crippen LogP contribution in [-0.4, -0.2) is 73.5 Å². The third-order valence-corrected chi connectivity index (χ3v) is 5.00. The molecule has 3 rings (SSSR count). The largest absolute Gasteiger partial charge is 0.497 e. The molecule has 1 aliphatic heterocycles. The summed E-state index contributed by atoms with van der Waals surface area (Å²) in [5, 5.41) is 2.77. The average Bonchev–Trinajstić information content (AvgIpc) is 2.78. The van der Waals surface area contributed by atoms with Crippen LogP contribution in [0.2, 0.25) is 0 Å². The van der Waals surface area contributed by atoms with Crippen molar-refractivity contribution >= 4 is 17.5 Å². The van der Waals surface area contributed by atoms with E-state index in [1.807, 2.05) is 4.90 Å². The van der Waals surface area contributed by atoms with Crippen molar-refractivity contribution in [2.45, 2.75) is 6.92 Å². The van der Waals surface area contributed by atoms with E-state index in [-0.39, 0.29) is 11.6 Å². The molecule has 29 heavy (non-hydrogen) atoms. The number of carbonyl (C=O) groups excluding carboxylic acids is 2. The van der Waals surface area contributed by atoms with Crippen molar-refractivity contribution in [2.75, 3.05) is 52.3 Å². The fourth-order valence-electron chi connectivity index (χ4n) is 3.23. The molecular weight excluding hydrogens is 372 g/mol. The zero-order valence-corrected chi connectivity index (χ0v) is 17.0. The van der Waals surface area contributed by atoms with Gasteiger partial charge in [0.1, 0.15) is 17.2 Å².